The van der Waals surface area contributed by atoms with E-state index in [2.05, 4.69) is 0 Å². The summed E-state index contributed by atoms with van der Waals surface area (Å²) in [7, 11) is 0. The maximum atomic E-state index is 13.1. The van der Waals surface area contributed by atoms with Crippen molar-refractivity contribution in [3.63, 3.8) is 0 Å². The van der Waals surface area contributed by atoms with Crippen LogP contribution in [0.5, 0.6) is 0 Å². The summed E-state index contributed by atoms with van der Waals surface area (Å²) < 4.78 is 12.7. The number of benzene rings is 2. The molecule has 2 aromatic carbocycles. The van der Waals surface area contributed by atoms with Crippen molar-refractivity contribution in [3.05, 3.63) is 64.4 Å². The van der Waals surface area contributed by atoms with Crippen molar-refractivity contribution in [2.45, 2.75) is 18.4 Å². The van der Waals surface area contributed by atoms with Gasteiger partial charge < -0.3 is 9.47 Å². The number of nitrogens with zero attached hydrogens (tertiary/aromatic N) is 2. The Morgan fingerprint density at radius 2 is 1.84 bits per heavy atom. The Kier molecular flexibility index (Phi) is 4.57. The summed E-state index contributed by atoms with van der Waals surface area (Å²) in [6, 6.07) is 15.3. The standard InChI is InChI=1S/C19H18N2O3S/c1-13-6-8-14(9-7-13)21-18(22)15-4-2-3-5-16(15)20-19(21)25-12-17-23-10-11-24-17/h2-9,17H,10-12H2,1H3. The van der Waals surface area contributed by atoms with Gasteiger partial charge in [-0.3, -0.25) is 9.36 Å². The van der Waals surface area contributed by atoms with Crippen LogP contribution < -0.4 is 5.56 Å². The molecule has 1 saturated heterocycles. The molecule has 0 unspecified atom stereocenters. The summed E-state index contributed by atoms with van der Waals surface area (Å²) in [4.78, 5) is 17.8. The second-order valence-corrected chi connectivity index (χ2v) is 6.86. The number of fused-ring (bicyclic) bond motifs is 1. The zero-order valence-electron chi connectivity index (χ0n) is 13.8. The number of thioether (sulfide) groups is 1. The van der Waals surface area contributed by atoms with Gasteiger partial charge in [0.05, 0.1) is 35.6 Å². The minimum Gasteiger partial charge on any atom is -0.349 e. The summed E-state index contributed by atoms with van der Waals surface area (Å²) in [5.74, 6) is 0.594. The minimum absolute atomic E-state index is 0.0646. The molecule has 0 aliphatic carbocycles. The lowest BCUT2D eigenvalue weighted by Crippen LogP contribution is -2.22. The first kappa shape index (κ1) is 16.3. The molecule has 0 atom stereocenters. The van der Waals surface area contributed by atoms with Gasteiger partial charge >= 0.3 is 0 Å². The van der Waals surface area contributed by atoms with E-state index in [-0.39, 0.29) is 11.8 Å². The molecule has 0 spiro atoms. The predicted octanol–water partition coefficient (Wildman–Crippen LogP) is 3.16. The Hall–Kier alpha value is -2.15. The van der Waals surface area contributed by atoms with Crippen LogP contribution in [0.1, 0.15) is 5.56 Å². The molecule has 1 fully saturated rings. The summed E-state index contributed by atoms with van der Waals surface area (Å²) in [5, 5.41) is 1.26. The van der Waals surface area contributed by atoms with E-state index in [9.17, 15) is 4.79 Å². The van der Waals surface area contributed by atoms with Crippen LogP contribution in [0.15, 0.2) is 58.5 Å². The number of hydrogen-bond donors (Lipinski definition) is 0. The maximum absolute atomic E-state index is 13.1. The molecule has 0 saturated carbocycles. The lowest BCUT2D eigenvalue weighted by Gasteiger charge is -2.14. The van der Waals surface area contributed by atoms with Crippen LogP contribution in [0.25, 0.3) is 16.6 Å². The van der Waals surface area contributed by atoms with E-state index >= 15 is 0 Å². The predicted molar refractivity (Wildman–Crippen MR) is 98.5 cm³/mol. The average Bonchev–Trinajstić information content (AvgIpc) is 3.15. The van der Waals surface area contributed by atoms with Crippen molar-refractivity contribution in [3.8, 4) is 5.69 Å². The van der Waals surface area contributed by atoms with E-state index < -0.39 is 0 Å². The fourth-order valence-corrected chi connectivity index (χ4v) is 3.73. The lowest BCUT2D eigenvalue weighted by molar-refractivity contribution is -0.0215. The van der Waals surface area contributed by atoms with Crippen molar-refractivity contribution in [1.29, 1.82) is 0 Å². The van der Waals surface area contributed by atoms with E-state index in [1.165, 1.54) is 11.8 Å². The van der Waals surface area contributed by atoms with Crippen molar-refractivity contribution >= 4 is 22.7 Å². The molecule has 6 heteroatoms. The molecule has 0 N–H and O–H groups in total. The number of aromatic nitrogens is 2. The van der Waals surface area contributed by atoms with Gasteiger partial charge in [-0.1, -0.05) is 41.6 Å². The third-order valence-corrected chi connectivity index (χ3v) is 5.05. The Labute approximate surface area is 149 Å². The van der Waals surface area contributed by atoms with Crippen LogP contribution in [0.2, 0.25) is 0 Å². The van der Waals surface area contributed by atoms with Gasteiger partial charge in [-0.15, -0.1) is 0 Å². The summed E-state index contributed by atoms with van der Waals surface area (Å²) in [6.45, 7) is 3.25. The van der Waals surface area contributed by atoms with Gasteiger partial charge in [0.2, 0.25) is 0 Å². The molecule has 0 amide bonds. The quantitative estimate of drug-likeness (QED) is 0.532. The van der Waals surface area contributed by atoms with Crippen molar-refractivity contribution in [2.24, 2.45) is 0 Å². The molecular formula is C19H18N2O3S. The number of para-hydroxylation sites is 1. The van der Waals surface area contributed by atoms with Gasteiger partial charge in [-0.05, 0) is 31.2 Å². The number of hydrogen-bond acceptors (Lipinski definition) is 5. The van der Waals surface area contributed by atoms with Gasteiger partial charge in [0.25, 0.3) is 5.56 Å². The molecule has 0 bridgehead atoms. The van der Waals surface area contributed by atoms with Gasteiger partial charge in [-0.2, -0.15) is 0 Å². The normalized spacial score (nSPS) is 15.1. The average molecular weight is 354 g/mol. The summed E-state index contributed by atoms with van der Waals surface area (Å²) in [6.07, 6.45) is -0.250. The second kappa shape index (κ2) is 7.00. The SMILES string of the molecule is Cc1ccc(-n2c(SCC3OCCO3)nc3ccccc3c2=O)cc1. The minimum atomic E-state index is -0.250. The first-order chi connectivity index (χ1) is 12.2. The first-order valence-corrected chi connectivity index (χ1v) is 9.16. The van der Waals surface area contributed by atoms with Crippen LogP contribution in [0, 0.1) is 6.92 Å². The highest BCUT2D eigenvalue weighted by Crippen LogP contribution is 2.23. The molecule has 25 heavy (non-hydrogen) atoms. The van der Waals surface area contributed by atoms with Crippen LogP contribution in [-0.4, -0.2) is 34.8 Å². The highest BCUT2D eigenvalue weighted by Gasteiger charge is 2.19. The van der Waals surface area contributed by atoms with Gasteiger partial charge in [0.1, 0.15) is 0 Å². The molecule has 1 aromatic heterocycles. The van der Waals surface area contributed by atoms with Crippen LogP contribution >= 0.6 is 11.8 Å². The van der Waals surface area contributed by atoms with E-state index in [1.807, 2.05) is 55.5 Å². The smallest absolute Gasteiger partial charge is 0.266 e. The summed E-state index contributed by atoms with van der Waals surface area (Å²) in [5.41, 5.74) is 2.59. The van der Waals surface area contributed by atoms with E-state index in [1.54, 1.807) is 4.57 Å². The van der Waals surface area contributed by atoms with Crippen molar-refractivity contribution in [2.75, 3.05) is 19.0 Å². The van der Waals surface area contributed by atoms with Crippen LogP contribution in [-0.2, 0) is 9.47 Å². The monoisotopic (exact) mass is 354 g/mol. The molecule has 128 valence electrons. The highest BCUT2D eigenvalue weighted by atomic mass is 32.2. The van der Waals surface area contributed by atoms with Gasteiger partial charge in [0.15, 0.2) is 11.4 Å². The first-order valence-electron chi connectivity index (χ1n) is 8.17. The van der Waals surface area contributed by atoms with Crippen molar-refractivity contribution < 1.29 is 9.47 Å². The second-order valence-electron chi connectivity index (χ2n) is 5.87. The molecule has 4 rings (SSSR count). The molecular weight excluding hydrogens is 336 g/mol. The third kappa shape index (κ3) is 3.33. The van der Waals surface area contributed by atoms with E-state index in [4.69, 9.17) is 14.5 Å². The van der Waals surface area contributed by atoms with E-state index in [0.29, 0.717) is 35.0 Å². The highest BCUT2D eigenvalue weighted by molar-refractivity contribution is 7.99. The largest absolute Gasteiger partial charge is 0.349 e. The number of aryl methyl sites for hydroxylation is 1. The Morgan fingerprint density at radius 1 is 1.12 bits per heavy atom. The zero-order valence-corrected chi connectivity index (χ0v) is 14.7. The lowest BCUT2D eigenvalue weighted by atomic mass is 10.2. The Morgan fingerprint density at radius 3 is 2.60 bits per heavy atom. The molecule has 0 radical (unpaired) electrons. The van der Waals surface area contributed by atoms with Gasteiger partial charge in [0, 0.05) is 0 Å². The number of rotatable bonds is 4. The molecule has 3 aromatic rings. The zero-order chi connectivity index (χ0) is 17.2. The maximum Gasteiger partial charge on any atom is 0.266 e. The molecule has 2 heterocycles. The summed E-state index contributed by atoms with van der Waals surface area (Å²) >= 11 is 1.47. The Bertz CT molecular complexity index is 947. The van der Waals surface area contributed by atoms with Crippen LogP contribution in [0.4, 0.5) is 0 Å². The van der Waals surface area contributed by atoms with Gasteiger partial charge in [-0.25, -0.2) is 4.98 Å². The topological polar surface area (TPSA) is 53.4 Å². The van der Waals surface area contributed by atoms with Crippen molar-refractivity contribution in [1.82, 2.24) is 9.55 Å². The number of ether oxygens (including phenoxy) is 2. The Balaban J connectivity index is 1.81. The third-order valence-electron chi connectivity index (χ3n) is 4.08. The fraction of sp³-hybridized carbons (Fsp3) is 0.263. The van der Waals surface area contributed by atoms with Crippen LogP contribution in [0.3, 0.4) is 0 Å². The molecule has 1 aliphatic heterocycles. The molecule has 5 nitrogen and oxygen atoms in total. The fourth-order valence-electron chi connectivity index (χ4n) is 2.78. The van der Waals surface area contributed by atoms with E-state index in [0.717, 1.165) is 11.3 Å². The molecule has 1 aliphatic rings.